The lowest BCUT2D eigenvalue weighted by Gasteiger charge is -2.23. The van der Waals surface area contributed by atoms with E-state index in [2.05, 4.69) is 46.7 Å². The van der Waals surface area contributed by atoms with Crippen LogP contribution in [0.5, 0.6) is 0 Å². The van der Waals surface area contributed by atoms with E-state index < -0.39 is 0 Å². The van der Waals surface area contributed by atoms with Crippen LogP contribution >= 0.6 is 12.4 Å². The smallest absolute Gasteiger partial charge is 0.251 e. The van der Waals surface area contributed by atoms with Crippen molar-refractivity contribution in [2.45, 2.75) is 25.9 Å². The first-order chi connectivity index (χ1) is 11.8. The lowest BCUT2D eigenvalue weighted by atomic mass is 10.1. The van der Waals surface area contributed by atoms with Crippen LogP contribution in [0.2, 0.25) is 0 Å². The number of nitrogens with zero attached hydrogens (tertiary/aromatic N) is 1. The average Bonchev–Trinajstić information content (AvgIpc) is 3.14. The number of anilines is 1. The van der Waals surface area contributed by atoms with Crippen LogP contribution in [0.3, 0.4) is 0 Å². The summed E-state index contributed by atoms with van der Waals surface area (Å²) in [6, 6.07) is 18.6. The summed E-state index contributed by atoms with van der Waals surface area (Å²) in [5, 5.41) is 6.35. The van der Waals surface area contributed by atoms with E-state index in [-0.39, 0.29) is 24.4 Å². The standard InChI is InChI=1S/C20H25N3O.ClH/c1-2-23(15-16-6-4-3-5-7-16)19-10-8-17(9-11-19)20(24)22-18-12-13-21-14-18;/h3-11,18,21H,2,12-15H2,1H3,(H,22,24);1H. The highest BCUT2D eigenvalue weighted by Gasteiger charge is 2.17. The summed E-state index contributed by atoms with van der Waals surface area (Å²) in [6.45, 7) is 5.79. The molecule has 1 heterocycles. The first-order valence-electron chi connectivity index (χ1n) is 8.67. The number of hydrogen-bond acceptors (Lipinski definition) is 3. The molecule has 0 aromatic heterocycles. The van der Waals surface area contributed by atoms with Crippen LogP contribution < -0.4 is 15.5 Å². The van der Waals surface area contributed by atoms with Gasteiger partial charge in [-0.2, -0.15) is 0 Å². The largest absolute Gasteiger partial charge is 0.367 e. The number of hydrogen-bond donors (Lipinski definition) is 2. The van der Waals surface area contributed by atoms with Gasteiger partial charge in [0.1, 0.15) is 0 Å². The third-order valence-electron chi connectivity index (χ3n) is 4.49. The van der Waals surface area contributed by atoms with Crippen LogP contribution in [-0.2, 0) is 6.54 Å². The molecule has 2 aromatic rings. The summed E-state index contributed by atoms with van der Waals surface area (Å²) in [5.41, 5.74) is 3.15. The van der Waals surface area contributed by atoms with Crippen molar-refractivity contribution in [1.29, 1.82) is 0 Å². The van der Waals surface area contributed by atoms with Crippen LogP contribution in [0.1, 0.15) is 29.3 Å². The van der Waals surface area contributed by atoms with Crippen LogP contribution in [0.15, 0.2) is 54.6 Å². The molecule has 1 amide bonds. The average molecular weight is 360 g/mol. The minimum atomic E-state index is 0. The van der Waals surface area contributed by atoms with Crippen molar-refractivity contribution in [2.75, 3.05) is 24.5 Å². The second kappa shape index (κ2) is 9.44. The predicted molar refractivity (Wildman–Crippen MR) is 106 cm³/mol. The molecule has 1 unspecified atom stereocenters. The minimum absolute atomic E-state index is 0. The van der Waals surface area contributed by atoms with E-state index >= 15 is 0 Å². The van der Waals surface area contributed by atoms with Gasteiger partial charge in [-0.3, -0.25) is 4.79 Å². The first kappa shape index (κ1) is 19.3. The zero-order chi connectivity index (χ0) is 16.8. The molecule has 1 saturated heterocycles. The monoisotopic (exact) mass is 359 g/mol. The SMILES string of the molecule is CCN(Cc1ccccc1)c1ccc(C(=O)NC2CCNC2)cc1.Cl. The molecule has 2 aromatic carbocycles. The number of halogens is 1. The van der Waals surface area contributed by atoms with Gasteiger partial charge in [0.2, 0.25) is 0 Å². The fourth-order valence-corrected chi connectivity index (χ4v) is 3.06. The van der Waals surface area contributed by atoms with Gasteiger partial charge in [0.15, 0.2) is 0 Å². The van der Waals surface area contributed by atoms with E-state index in [0.717, 1.165) is 43.9 Å². The van der Waals surface area contributed by atoms with Gasteiger partial charge in [-0.1, -0.05) is 30.3 Å². The van der Waals surface area contributed by atoms with Gasteiger partial charge in [-0.15, -0.1) is 12.4 Å². The van der Waals surface area contributed by atoms with Crippen LogP contribution in [0.25, 0.3) is 0 Å². The maximum atomic E-state index is 12.3. The van der Waals surface area contributed by atoms with Gasteiger partial charge in [-0.05, 0) is 49.7 Å². The summed E-state index contributed by atoms with van der Waals surface area (Å²) >= 11 is 0. The Morgan fingerprint density at radius 2 is 1.88 bits per heavy atom. The Bertz CT molecular complexity index is 654. The van der Waals surface area contributed by atoms with Gasteiger partial charge >= 0.3 is 0 Å². The normalized spacial score (nSPS) is 16.1. The fourth-order valence-electron chi connectivity index (χ4n) is 3.06. The fraction of sp³-hybridized carbons (Fsp3) is 0.350. The lowest BCUT2D eigenvalue weighted by molar-refractivity contribution is 0.0940. The molecule has 2 N–H and O–H groups in total. The summed E-state index contributed by atoms with van der Waals surface area (Å²) in [5.74, 6) is 0.0151. The van der Waals surface area contributed by atoms with E-state index in [0.29, 0.717) is 0 Å². The molecule has 25 heavy (non-hydrogen) atoms. The van der Waals surface area contributed by atoms with E-state index in [1.54, 1.807) is 0 Å². The number of nitrogens with one attached hydrogen (secondary N) is 2. The molecule has 3 rings (SSSR count). The van der Waals surface area contributed by atoms with Crippen molar-refractivity contribution in [3.63, 3.8) is 0 Å². The lowest BCUT2D eigenvalue weighted by Crippen LogP contribution is -2.36. The molecule has 1 fully saturated rings. The summed E-state index contributed by atoms with van der Waals surface area (Å²) in [7, 11) is 0. The number of rotatable bonds is 6. The Kier molecular flexibility index (Phi) is 7.29. The highest BCUT2D eigenvalue weighted by atomic mass is 35.5. The Hall–Kier alpha value is -2.04. The molecular weight excluding hydrogens is 334 g/mol. The Balaban J connectivity index is 0.00000225. The molecule has 1 atom stereocenters. The third kappa shape index (κ3) is 5.21. The highest BCUT2D eigenvalue weighted by Crippen LogP contribution is 2.18. The van der Waals surface area contributed by atoms with E-state index in [1.807, 2.05) is 30.3 Å². The molecule has 4 nitrogen and oxygen atoms in total. The Morgan fingerprint density at radius 3 is 2.48 bits per heavy atom. The van der Waals surface area contributed by atoms with Gasteiger partial charge in [0, 0.05) is 36.9 Å². The van der Waals surface area contributed by atoms with E-state index in [1.165, 1.54) is 5.56 Å². The molecular formula is C20H26ClN3O. The summed E-state index contributed by atoms with van der Waals surface area (Å²) < 4.78 is 0. The van der Waals surface area contributed by atoms with Crippen molar-refractivity contribution in [3.05, 3.63) is 65.7 Å². The minimum Gasteiger partial charge on any atom is -0.367 e. The zero-order valence-electron chi connectivity index (χ0n) is 14.6. The van der Waals surface area contributed by atoms with Crippen molar-refractivity contribution in [3.8, 4) is 0 Å². The second-order valence-electron chi connectivity index (χ2n) is 6.21. The van der Waals surface area contributed by atoms with Crippen molar-refractivity contribution in [1.82, 2.24) is 10.6 Å². The first-order valence-corrected chi connectivity index (χ1v) is 8.67. The molecule has 0 bridgehead atoms. The van der Waals surface area contributed by atoms with E-state index in [4.69, 9.17) is 0 Å². The van der Waals surface area contributed by atoms with Crippen molar-refractivity contribution >= 4 is 24.0 Å². The highest BCUT2D eigenvalue weighted by molar-refractivity contribution is 5.94. The third-order valence-corrected chi connectivity index (χ3v) is 4.49. The molecule has 0 radical (unpaired) electrons. The molecule has 0 spiro atoms. The Morgan fingerprint density at radius 1 is 1.16 bits per heavy atom. The van der Waals surface area contributed by atoms with Gasteiger partial charge in [0.25, 0.3) is 5.91 Å². The predicted octanol–water partition coefficient (Wildman–Crippen LogP) is 3.23. The van der Waals surface area contributed by atoms with Crippen LogP contribution in [0.4, 0.5) is 5.69 Å². The number of amides is 1. The maximum Gasteiger partial charge on any atom is 0.251 e. The van der Waals surface area contributed by atoms with Gasteiger partial charge in [-0.25, -0.2) is 0 Å². The van der Waals surface area contributed by atoms with Gasteiger partial charge in [0.05, 0.1) is 0 Å². The van der Waals surface area contributed by atoms with Crippen LogP contribution in [0, 0.1) is 0 Å². The maximum absolute atomic E-state index is 12.3. The molecule has 1 aliphatic heterocycles. The number of carbonyl (C=O) groups excluding carboxylic acids is 1. The second-order valence-corrected chi connectivity index (χ2v) is 6.21. The molecule has 0 saturated carbocycles. The van der Waals surface area contributed by atoms with Gasteiger partial charge < -0.3 is 15.5 Å². The molecule has 0 aliphatic carbocycles. The van der Waals surface area contributed by atoms with Crippen molar-refractivity contribution < 1.29 is 4.79 Å². The van der Waals surface area contributed by atoms with Crippen LogP contribution in [-0.4, -0.2) is 31.6 Å². The number of carbonyl (C=O) groups is 1. The van der Waals surface area contributed by atoms with E-state index in [9.17, 15) is 4.79 Å². The Labute approximate surface area is 156 Å². The molecule has 1 aliphatic rings. The molecule has 134 valence electrons. The topological polar surface area (TPSA) is 44.4 Å². The quantitative estimate of drug-likeness (QED) is 0.832. The molecule has 5 heteroatoms. The summed E-state index contributed by atoms with van der Waals surface area (Å²) in [4.78, 5) is 14.6. The number of benzene rings is 2. The van der Waals surface area contributed by atoms with Crippen molar-refractivity contribution in [2.24, 2.45) is 0 Å². The summed E-state index contributed by atoms with van der Waals surface area (Å²) in [6.07, 6.45) is 1.00. The zero-order valence-corrected chi connectivity index (χ0v) is 15.4.